The molecule has 1 heterocycles. The first kappa shape index (κ1) is 21.6. The van der Waals surface area contributed by atoms with Gasteiger partial charge in [0, 0.05) is 23.3 Å². The van der Waals surface area contributed by atoms with Gasteiger partial charge >= 0.3 is 5.97 Å². The van der Waals surface area contributed by atoms with Crippen molar-refractivity contribution in [3.05, 3.63) is 95.7 Å². The number of ether oxygens (including phenoxy) is 1. The van der Waals surface area contributed by atoms with Gasteiger partial charge in [0.15, 0.2) is 0 Å². The molecule has 0 spiro atoms. The summed E-state index contributed by atoms with van der Waals surface area (Å²) in [5.41, 5.74) is 5.83. The number of hydrogen-bond acceptors (Lipinski definition) is 4. The van der Waals surface area contributed by atoms with E-state index in [1.54, 1.807) is 0 Å². The Hall–Kier alpha value is -3.66. The topological polar surface area (TPSA) is 51.2 Å². The zero-order valence-electron chi connectivity index (χ0n) is 19.0. The molecule has 1 N–H and O–H groups in total. The molecule has 0 saturated heterocycles. The minimum atomic E-state index is -0.567. The smallest absolute Gasteiger partial charge is 0.339 e. The Morgan fingerprint density at radius 2 is 1.62 bits per heavy atom. The highest BCUT2D eigenvalue weighted by Gasteiger charge is 2.21. The van der Waals surface area contributed by atoms with Gasteiger partial charge in [0.05, 0.1) is 11.1 Å². The molecule has 0 bridgehead atoms. The number of fused-ring (bicyclic) bond motifs is 1. The molecule has 32 heavy (non-hydrogen) atoms. The summed E-state index contributed by atoms with van der Waals surface area (Å²) >= 11 is 0. The van der Waals surface area contributed by atoms with Crippen LogP contribution in [0.5, 0.6) is 0 Å². The van der Waals surface area contributed by atoms with Crippen LogP contribution in [0.25, 0.3) is 22.0 Å². The predicted molar refractivity (Wildman–Crippen MR) is 131 cm³/mol. The van der Waals surface area contributed by atoms with Crippen molar-refractivity contribution < 1.29 is 9.53 Å². The highest BCUT2D eigenvalue weighted by atomic mass is 16.6. The second-order valence-corrected chi connectivity index (χ2v) is 8.92. The summed E-state index contributed by atoms with van der Waals surface area (Å²) in [6.07, 6.45) is 0. The quantitative estimate of drug-likeness (QED) is 0.359. The van der Waals surface area contributed by atoms with E-state index in [-0.39, 0.29) is 5.97 Å². The van der Waals surface area contributed by atoms with Crippen molar-refractivity contribution in [1.29, 1.82) is 0 Å². The standard InChI is InChI=1S/C28H28N2O2/c1-19-16-26(23-12-8-9-13-25(23)30-19)29-18-22-15-14-21(20-10-6-5-7-11-20)17-24(22)27(31)32-28(2,3)4/h5-17H,18H2,1-4H3,(H,29,30). The van der Waals surface area contributed by atoms with Crippen molar-refractivity contribution in [3.8, 4) is 11.1 Å². The zero-order valence-corrected chi connectivity index (χ0v) is 19.0. The van der Waals surface area contributed by atoms with Crippen LogP contribution in [-0.4, -0.2) is 16.6 Å². The molecule has 0 radical (unpaired) electrons. The first-order valence-electron chi connectivity index (χ1n) is 10.8. The van der Waals surface area contributed by atoms with Crippen LogP contribution in [0.15, 0.2) is 78.9 Å². The van der Waals surface area contributed by atoms with Crippen LogP contribution in [0.1, 0.15) is 42.4 Å². The highest BCUT2D eigenvalue weighted by molar-refractivity contribution is 5.94. The van der Waals surface area contributed by atoms with Gasteiger partial charge in [-0.1, -0.05) is 60.7 Å². The summed E-state index contributed by atoms with van der Waals surface area (Å²) in [7, 11) is 0. The summed E-state index contributed by atoms with van der Waals surface area (Å²) < 4.78 is 5.72. The molecule has 4 aromatic rings. The molecule has 4 nitrogen and oxygen atoms in total. The van der Waals surface area contributed by atoms with Crippen LogP contribution < -0.4 is 5.32 Å². The maximum Gasteiger partial charge on any atom is 0.339 e. The van der Waals surface area contributed by atoms with E-state index in [4.69, 9.17) is 4.74 Å². The first-order chi connectivity index (χ1) is 15.3. The van der Waals surface area contributed by atoms with Crippen molar-refractivity contribution in [3.63, 3.8) is 0 Å². The lowest BCUT2D eigenvalue weighted by molar-refractivity contribution is 0.00685. The van der Waals surface area contributed by atoms with E-state index in [0.29, 0.717) is 12.1 Å². The Labute approximate surface area is 189 Å². The van der Waals surface area contributed by atoms with Crippen LogP contribution in [0, 0.1) is 6.92 Å². The molecule has 4 rings (SSSR count). The monoisotopic (exact) mass is 424 g/mol. The lowest BCUT2D eigenvalue weighted by Gasteiger charge is -2.21. The Morgan fingerprint density at radius 3 is 2.38 bits per heavy atom. The zero-order chi connectivity index (χ0) is 22.7. The minimum absolute atomic E-state index is 0.317. The van der Waals surface area contributed by atoms with E-state index in [1.807, 2.05) is 94.4 Å². The van der Waals surface area contributed by atoms with Gasteiger partial charge in [-0.2, -0.15) is 0 Å². The van der Waals surface area contributed by atoms with E-state index in [0.717, 1.165) is 39.0 Å². The third-order valence-corrected chi connectivity index (χ3v) is 5.15. The first-order valence-corrected chi connectivity index (χ1v) is 10.8. The van der Waals surface area contributed by atoms with Gasteiger partial charge < -0.3 is 10.1 Å². The van der Waals surface area contributed by atoms with Crippen LogP contribution in [0.2, 0.25) is 0 Å². The van der Waals surface area contributed by atoms with Crippen LogP contribution in [-0.2, 0) is 11.3 Å². The van der Waals surface area contributed by atoms with E-state index in [1.165, 1.54) is 0 Å². The fraction of sp³-hybridized carbons (Fsp3) is 0.214. The number of esters is 1. The van der Waals surface area contributed by atoms with Crippen molar-refractivity contribution >= 4 is 22.6 Å². The molecule has 0 fully saturated rings. The lowest BCUT2D eigenvalue weighted by Crippen LogP contribution is -2.25. The van der Waals surface area contributed by atoms with Crippen molar-refractivity contribution in [2.24, 2.45) is 0 Å². The second kappa shape index (κ2) is 8.83. The number of carbonyl (C=O) groups is 1. The maximum absolute atomic E-state index is 13.1. The normalized spacial score (nSPS) is 11.4. The number of hydrogen-bond donors (Lipinski definition) is 1. The Bertz CT molecular complexity index is 1260. The number of nitrogens with zero attached hydrogens (tertiary/aromatic N) is 1. The van der Waals surface area contributed by atoms with Crippen LogP contribution in [0.3, 0.4) is 0 Å². The van der Waals surface area contributed by atoms with Gasteiger partial charge in [-0.15, -0.1) is 0 Å². The van der Waals surface area contributed by atoms with Gasteiger partial charge in [0.25, 0.3) is 0 Å². The number of anilines is 1. The summed E-state index contributed by atoms with van der Waals surface area (Å²) in [6.45, 7) is 8.14. The molecule has 0 saturated carbocycles. The molecule has 0 aliphatic carbocycles. The molecule has 3 aromatic carbocycles. The van der Waals surface area contributed by atoms with Gasteiger partial charge in [-0.05, 0) is 62.6 Å². The van der Waals surface area contributed by atoms with Gasteiger partial charge in [-0.25, -0.2) is 4.79 Å². The number of pyridine rings is 1. The fourth-order valence-electron chi connectivity index (χ4n) is 3.71. The molecular formula is C28H28N2O2. The Balaban J connectivity index is 1.69. The number of nitrogens with one attached hydrogen (secondary N) is 1. The summed E-state index contributed by atoms with van der Waals surface area (Å²) in [6, 6.07) is 26.1. The molecule has 0 aliphatic rings. The maximum atomic E-state index is 13.1. The minimum Gasteiger partial charge on any atom is -0.456 e. The van der Waals surface area contributed by atoms with E-state index >= 15 is 0 Å². The number of aryl methyl sites for hydroxylation is 1. The molecular weight excluding hydrogens is 396 g/mol. The average molecular weight is 425 g/mol. The molecule has 0 aliphatic heterocycles. The number of carbonyl (C=O) groups excluding carboxylic acids is 1. The third kappa shape index (κ3) is 4.97. The van der Waals surface area contributed by atoms with E-state index < -0.39 is 5.60 Å². The second-order valence-electron chi connectivity index (χ2n) is 8.92. The SMILES string of the molecule is Cc1cc(NCc2ccc(-c3ccccc3)cc2C(=O)OC(C)(C)C)c2ccccc2n1. The van der Waals surface area contributed by atoms with Crippen LogP contribution in [0.4, 0.5) is 5.69 Å². The molecule has 4 heteroatoms. The predicted octanol–water partition coefficient (Wildman–Crippen LogP) is 6.78. The highest BCUT2D eigenvalue weighted by Crippen LogP contribution is 2.27. The Morgan fingerprint density at radius 1 is 0.906 bits per heavy atom. The van der Waals surface area contributed by atoms with Gasteiger partial charge in [0.2, 0.25) is 0 Å². The van der Waals surface area contributed by atoms with Crippen molar-refractivity contribution in [2.75, 3.05) is 5.32 Å². The van der Waals surface area contributed by atoms with Gasteiger partial charge in [-0.3, -0.25) is 4.98 Å². The molecule has 0 atom stereocenters. The summed E-state index contributed by atoms with van der Waals surface area (Å²) in [5, 5.41) is 4.57. The summed E-state index contributed by atoms with van der Waals surface area (Å²) in [5.74, 6) is -0.317. The molecule has 0 amide bonds. The fourth-order valence-corrected chi connectivity index (χ4v) is 3.71. The number of benzene rings is 3. The number of para-hydroxylation sites is 1. The van der Waals surface area contributed by atoms with Crippen molar-refractivity contribution in [1.82, 2.24) is 4.98 Å². The number of rotatable bonds is 5. The number of aromatic nitrogens is 1. The Kier molecular flexibility index (Phi) is 5.95. The molecule has 1 aromatic heterocycles. The average Bonchev–Trinajstić information content (AvgIpc) is 2.76. The largest absolute Gasteiger partial charge is 0.456 e. The molecule has 0 unspecified atom stereocenters. The summed E-state index contributed by atoms with van der Waals surface area (Å²) in [4.78, 5) is 17.7. The third-order valence-electron chi connectivity index (χ3n) is 5.15. The molecule has 162 valence electrons. The van der Waals surface area contributed by atoms with Crippen LogP contribution >= 0.6 is 0 Å². The lowest BCUT2D eigenvalue weighted by atomic mass is 9.98. The van der Waals surface area contributed by atoms with Gasteiger partial charge in [0.1, 0.15) is 5.60 Å². The van der Waals surface area contributed by atoms with E-state index in [9.17, 15) is 4.79 Å². The van der Waals surface area contributed by atoms with E-state index in [2.05, 4.69) is 22.4 Å². The van der Waals surface area contributed by atoms with Crippen molar-refractivity contribution in [2.45, 2.75) is 39.8 Å².